The molecule has 1 atom stereocenters. The summed E-state index contributed by atoms with van der Waals surface area (Å²) in [4.78, 5) is 28.2. The van der Waals surface area contributed by atoms with Crippen molar-refractivity contribution in [1.82, 2.24) is 19.6 Å². The van der Waals surface area contributed by atoms with Crippen LogP contribution in [0.2, 0.25) is 0 Å². The van der Waals surface area contributed by atoms with Crippen molar-refractivity contribution in [3.8, 4) is 11.4 Å². The fraction of sp³-hybridized carbons (Fsp3) is 0.152. The summed E-state index contributed by atoms with van der Waals surface area (Å²) >= 11 is 0. The van der Waals surface area contributed by atoms with E-state index >= 15 is 0 Å². The Bertz CT molecular complexity index is 1950. The zero-order valence-electron chi connectivity index (χ0n) is 23.6. The van der Waals surface area contributed by atoms with E-state index in [9.17, 15) is 18.0 Å². The molecule has 1 aliphatic carbocycles. The van der Waals surface area contributed by atoms with Crippen molar-refractivity contribution < 1.29 is 12.6 Å². The first kappa shape index (κ1) is 28.0. The molecular weight excluding hydrogens is 564 g/mol. The minimum atomic E-state index is -4.08. The molecule has 0 unspecified atom stereocenters. The molecule has 0 saturated heterocycles. The van der Waals surface area contributed by atoms with Gasteiger partial charge in [0.15, 0.2) is 0 Å². The second-order valence-electron chi connectivity index (χ2n) is 10.5. The van der Waals surface area contributed by atoms with Crippen LogP contribution in [0, 0.1) is 19.8 Å². The number of aromatic amines is 2. The average Bonchev–Trinajstić information content (AvgIpc) is 3.48. The van der Waals surface area contributed by atoms with Gasteiger partial charge in [-0.2, -0.15) is 8.42 Å². The Hall–Kier alpha value is -5.09. The van der Waals surface area contributed by atoms with Crippen LogP contribution in [-0.2, 0) is 14.3 Å². The highest BCUT2D eigenvalue weighted by atomic mass is 32.2. The van der Waals surface area contributed by atoms with Crippen molar-refractivity contribution in [1.29, 1.82) is 0 Å². The van der Waals surface area contributed by atoms with Gasteiger partial charge in [0.25, 0.3) is 11.1 Å². The molecule has 0 radical (unpaired) electrons. The van der Waals surface area contributed by atoms with E-state index in [0.29, 0.717) is 33.9 Å². The van der Waals surface area contributed by atoms with E-state index in [1.165, 1.54) is 21.5 Å². The number of hydrogen-bond donors (Lipinski definition) is 2. The van der Waals surface area contributed by atoms with Gasteiger partial charge in [0.05, 0.1) is 11.4 Å². The summed E-state index contributed by atoms with van der Waals surface area (Å²) in [5.41, 5.74) is 2.79. The van der Waals surface area contributed by atoms with E-state index in [2.05, 4.69) is 10.2 Å². The molecule has 5 aromatic rings. The Balaban J connectivity index is 1.47. The zero-order valence-corrected chi connectivity index (χ0v) is 24.4. The molecule has 2 heterocycles. The van der Waals surface area contributed by atoms with Gasteiger partial charge in [0, 0.05) is 34.9 Å². The van der Waals surface area contributed by atoms with Crippen LogP contribution in [0.5, 0.6) is 0 Å². The van der Waals surface area contributed by atoms with Gasteiger partial charge in [-0.1, -0.05) is 66.7 Å². The highest BCUT2D eigenvalue weighted by Gasteiger charge is 2.36. The molecule has 2 aromatic heterocycles. The standard InChI is InChI=1S/C33H30N4O5S/c1-22-29(32(38)36(34-22)25-14-6-3-7-15-25)31(30-23(2)35-37(33(30)39)26-16-8-4-9-17-26)24-13-12-18-27(21-24)42-43(40,41)28-19-10-5-11-20-28/h3-20,24,31,34-35H,21H2,1-2H3/t24-/m1/s1. The molecule has 9 nitrogen and oxygen atoms in total. The number of benzene rings is 3. The fourth-order valence-corrected chi connectivity index (χ4v) is 6.67. The van der Waals surface area contributed by atoms with Crippen LogP contribution in [0.3, 0.4) is 0 Å². The summed E-state index contributed by atoms with van der Waals surface area (Å²) in [7, 11) is -4.08. The predicted molar refractivity (Wildman–Crippen MR) is 164 cm³/mol. The van der Waals surface area contributed by atoms with E-state index in [0.717, 1.165) is 0 Å². The number of aromatic nitrogens is 4. The van der Waals surface area contributed by atoms with Crippen molar-refractivity contribution in [3.63, 3.8) is 0 Å². The van der Waals surface area contributed by atoms with Crippen molar-refractivity contribution >= 4 is 10.1 Å². The molecule has 0 aliphatic heterocycles. The van der Waals surface area contributed by atoms with Crippen LogP contribution >= 0.6 is 0 Å². The number of nitrogens with zero attached hydrogens (tertiary/aromatic N) is 2. The number of H-pyrrole nitrogens is 2. The fourth-order valence-electron chi connectivity index (χ4n) is 5.68. The average molecular weight is 595 g/mol. The van der Waals surface area contributed by atoms with Gasteiger partial charge in [-0.25, -0.2) is 9.36 Å². The van der Waals surface area contributed by atoms with Crippen molar-refractivity contribution in [2.24, 2.45) is 5.92 Å². The lowest BCUT2D eigenvalue weighted by atomic mass is 9.77. The quantitative estimate of drug-likeness (QED) is 0.238. The number of hydrogen-bond acceptors (Lipinski definition) is 5. The van der Waals surface area contributed by atoms with Crippen LogP contribution < -0.4 is 11.1 Å². The SMILES string of the molecule is Cc1[nH]n(-c2ccccc2)c(=O)c1C(c1c(C)[nH]n(-c2ccccc2)c1=O)[C@@H]1C=CC=C(OS(=O)(=O)c2ccccc2)C1. The Kier molecular flexibility index (Phi) is 7.37. The van der Waals surface area contributed by atoms with Gasteiger partial charge >= 0.3 is 10.1 Å². The molecule has 0 saturated carbocycles. The Morgan fingerprint density at radius 1 is 0.744 bits per heavy atom. The van der Waals surface area contributed by atoms with Gasteiger partial charge < -0.3 is 4.18 Å². The van der Waals surface area contributed by atoms with Crippen molar-refractivity contribution in [2.75, 3.05) is 0 Å². The van der Waals surface area contributed by atoms with Gasteiger partial charge in [0.1, 0.15) is 10.7 Å². The number of rotatable bonds is 8. The third-order valence-corrected chi connectivity index (χ3v) is 8.92. The third-order valence-electron chi connectivity index (χ3n) is 7.64. The van der Waals surface area contributed by atoms with Gasteiger partial charge in [-0.3, -0.25) is 19.8 Å². The smallest absolute Gasteiger partial charge is 0.338 e. The lowest BCUT2D eigenvalue weighted by Gasteiger charge is -2.26. The van der Waals surface area contributed by atoms with Gasteiger partial charge in [-0.15, -0.1) is 0 Å². The maximum atomic E-state index is 14.1. The maximum Gasteiger partial charge on any atom is 0.338 e. The molecule has 218 valence electrons. The first-order valence-corrected chi connectivity index (χ1v) is 15.3. The normalized spacial score (nSPS) is 15.0. The third kappa shape index (κ3) is 5.32. The van der Waals surface area contributed by atoms with E-state index in [1.807, 2.05) is 66.7 Å². The molecule has 2 N–H and O–H groups in total. The van der Waals surface area contributed by atoms with Crippen LogP contribution in [0.4, 0.5) is 0 Å². The lowest BCUT2D eigenvalue weighted by molar-refractivity contribution is 0.363. The van der Waals surface area contributed by atoms with Crippen LogP contribution in [0.25, 0.3) is 11.4 Å². The van der Waals surface area contributed by atoms with Gasteiger partial charge in [0.2, 0.25) is 0 Å². The largest absolute Gasteiger partial charge is 0.383 e. The Labute approximate surface area is 248 Å². The number of nitrogens with one attached hydrogen (secondary N) is 2. The second-order valence-corrected chi connectivity index (χ2v) is 12.0. The minimum absolute atomic E-state index is 0.0398. The summed E-state index contributed by atoms with van der Waals surface area (Å²) in [5.74, 6) is -0.969. The van der Waals surface area contributed by atoms with E-state index in [1.54, 1.807) is 44.2 Å². The molecule has 10 heteroatoms. The van der Waals surface area contributed by atoms with Crippen LogP contribution in [-0.4, -0.2) is 28.0 Å². The molecule has 0 spiro atoms. The molecule has 0 bridgehead atoms. The number of para-hydroxylation sites is 2. The van der Waals surface area contributed by atoms with Crippen molar-refractivity contribution in [2.45, 2.75) is 31.1 Å². The first-order chi connectivity index (χ1) is 20.7. The van der Waals surface area contributed by atoms with Gasteiger partial charge in [-0.05, 0) is 62.2 Å². The van der Waals surface area contributed by atoms with Crippen molar-refractivity contribution in [3.05, 3.63) is 158 Å². The molecule has 3 aromatic carbocycles. The Morgan fingerprint density at radius 3 is 1.70 bits per heavy atom. The predicted octanol–water partition coefficient (Wildman–Crippen LogP) is 5.26. The summed E-state index contributed by atoms with van der Waals surface area (Å²) < 4.78 is 34.6. The highest BCUT2D eigenvalue weighted by molar-refractivity contribution is 7.86. The second kappa shape index (κ2) is 11.3. The molecule has 0 fully saturated rings. The van der Waals surface area contributed by atoms with Crippen LogP contribution in [0.15, 0.2) is 129 Å². The first-order valence-electron chi connectivity index (χ1n) is 13.9. The Morgan fingerprint density at radius 2 is 1.21 bits per heavy atom. The molecular formula is C33H30N4O5S. The van der Waals surface area contributed by atoms with E-state index in [-0.39, 0.29) is 28.2 Å². The maximum absolute atomic E-state index is 14.1. The summed E-state index contributed by atoms with van der Waals surface area (Å²) in [5, 5.41) is 6.37. The lowest BCUT2D eigenvalue weighted by Crippen LogP contribution is -2.29. The number of aryl methyl sites for hydroxylation is 2. The van der Waals surface area contributed by atoms with E-state index < -0.39 is 22.0 Å². The minimum Gasteiger partial charge on any atom is -0.383 e. The zero-order chi connectivity index (χ0) is 30.1. The topological polar surface area (TPSA) is 119 Å². The molecule has 6 rings (SSSR count). The summed E-state index contributed by atoms with van der Waals surface area (Å²) in [6.45, 7) is 3.61. The van der Waals surface area contributed by atoms with Crippen LogP contribution in [0.1, 0.15) is 34.9 Å². The molecule has 43 heavy (non-hydrogen) atoms. The highest BCUT2D eigenvalue weighted by Crippen LogP contribution is 2.39. The molecule has 1 aliphatic rings. The molecule has 0 amide bonds. The monoisotopic (exact) mass is 594 g/mol. The summed E-state index contributed by atoms with van der Waals surface area (Å²) in [6, 6.07) is 26.3. The summed E-state index contributed by atoms with van der Waals surface area (Å²) in [6.07, 6.45) is 5.36. The number of allylic oxidation sites excluding steroid dienone is 4. The van der Waals surface area contributed by atoms with E-state index in [4.69, 9.17) is 4.18 Å².